The minimum atomic E-state index is -1.05. The van der Waals surface area contributed by atoms with Crippen molar-refractivity contribution >= 4 is 28.9 Å². The molecule has 187 valence electrons. The van der Waals surface area contributed by atoms with Crippen molar-refractivity contribution in [3.05, 3.63) is 11.6 Å². The fourth-order valence-corrected chi connectivity index (χ4v) is 9.46. The smallest absolute Gasteiger partial charge is 0.294 e. The molecule has 2 nitrogen and oxygen atoms in total. The summed E-state index contributed by atoms with van der Waals surface area (Å²) in [6.07, 6.45) is 16.6. The maximum Gasteiger partial charge on any atom is 0.294 e. The SMILES string of the molecule is [B]C1[B]C1([B])C(=O)O[C@H]1CC[C@@]2(C)C(=CC[C@H]3[C@@H]4CC[C@H]([C@H](C)CCCC(C)C)[C@@]4(C)CC[C@@H]32)C1. The van der Waals surface area contributed by atoms with Crippen molar-refractivity contribution < 1.29 is 9.53 Å². The van der Waals surface area contributed by atoms with Gasteiger partial charge in [-0.1, -0.05) is 65.5 Å². The second kappa shape index (κ2) is 9.30. The number of carbonyl (C=O) groups is 1. The molecule has 0 aromatic carbocycles. The lowest BCUT2D eigenvalue weighted by atomic mass is 9.47. The normalized spacial score (nSPS) is 47.1. The first kappa shape index (κ1) is 26.0. The topological polar surface area (TPSA) is 26.3 Å². The van der Waals surface area contributed by atoms with Gasteiger partial charge in [0.05, 0.1) is 15.7 Å². The Morgan fingerprint density at radius 1 is 1.11 bits per heavy atom. The maximum atomic E-state index is 12.5. The molecule has 35 heavy (non-hydrogen) atoms. The average Bonchev–Trinajstić information content (AvgIpc) is 3.26. The van der Waals surface area contributed by atoms with E-state index in [0.717, 1.165) is 54.8 Å². The fourth-order valence-electron chi connectivity index (χ4n) is 9.46. The van der Waals surface area contributed by atoms with Crippen LogP contribution < -0.4 is 0 Å². The molecule has 10 atom stereocenters. The monoisotopic (exact) mass is 471 g/mol. The van der Waals surface area contributed by atoms with E-state index in [-0.39, 0.29) is 23.2 Å². The van der Waals surface area contributed by atoms with Crippen LogP contribution in [0.2, 0.25) is 10.9 Å². The number of allylic oxidation sites excluding steroid dienone is 1. The third-order valence-corrected chi connectivity index (χ3v) is 11.8. The van der Waals surface area contributed by atoms with Gasteiger partial charge in [0.15, 0.2) is 0 Å². The maximum absolute atomic E-state index is 12.5. The Morgan fingerprint density at radius 3 is 2.54 bits per heavy atom. The van der Waals surface area contributed by atoms with Gasteiger partial charge in [0.1, 0.15) is 13.4 Å². The summed E-state index contributed by atoms with van der Waals surface area (Å²) in [5.41, 5.74) is 2.00. The molecular weight excluding hydrogens is 425 g/mol. The first-order chi connectivity index (χ1) is 16.5. The number of hydrogen-bond acceptors (Lipinski definition) is 2. The van der Waals surface area contributed by atoms with Crippen molar-refractivity contribution in [3.63, 3.8) is 0 Å². The summed E-state index contributed by atoms with van der Waals surface area (Å²) in [5.74, 6) is 4.77. The van der Waals surface area contributed by atoms with Gasteiger partial charge >= 0.3 is 0 Å². The van der Waals surface area contributed by atoms with Crippen LogP contribution in [0.4, 0.5) is 0 Å². The van der Waals surface area contributed by atoms with Crippen LogP contribution >= 0.6 is 0 Å². The first-order valence-electron chi connectivity index (χ1n) is 14.8. The Morgan fingerprint density at radius 2 is 1.86 bits per heavy atom. The average molecular weight is 471 g/mol. The van der Waals surface area contributed by atoms with Crippen LogP contribution in [0.3, 0.4) is 0 Å². The van der Waals surface area contributed by atoms with Crippen molar-refractivity contribution in [2.24, 2.45) is 46.3 Å². The minimum Gasteiger partial charge on any atom is -0.463 e. The molecule has 2 unspecified atom stereocenters. The summed E-state index contributed by atoms with van der Waals surface area (Å²) in [6, 6.07) is 0. The van der Waals surface area contributed by atoms with Gasteiger partial charge in [-0.25, -0.2) is 0 Å². The number of fused-ring (bicyclic) bond motifs is 5. The zero-order valence-corrected chi connectivity index (χ0v) is 23.0. The summed E-state index contributed by atoms with van der Waals surface area (Å²) in [4.78, 5) is 12.5. The number of carbonyl (C=O) groups excluding carboxylic acids is 1. The van der Waals surface area contributed by atoms with Crippen molar-refractivity contribution in [1.29, 1.82) is 0 Å². The van der Waals surface area contributed by atoms with Gasteiger partial charge in [0.2, 0.25) is 0 Å². The summed E-state index contributed by atoms with van der Waals surface area (Å²) >= 11 is 0. The van der Waals surface area contributed by atoms with Crippen LogP contribution in [0.5, 0.6) is 0 Å². The highest BCUT2D eigenvalue weighted by atomic mass is 16.5. The van der Waals surface area contributed by atoms with Gasteiger partial charge in [-0.3, -0.25) is 4.79 Å². The van der Waals surface area contributed by atoms with Crippen LogP contribution in [-0.2, 0) is 9.53 Å². The number of ether oxygens (including phenoxy) is 1. The predicted molar refractivity (Wildman–Crippen MR) is 147 cm³/mol. The zero-order chi connectivity index (χ0) is 25.2. The Labute approximate surface area is 218 Å². The molecule has 0 aromatic heterocycles. The van der Waals surface area contributed by atoms with E-state index in [2.05, 4.69) is 40.7 Å². The van der Waals surface area contributed by atoms with Crippen LogP contribution in [0.1, 0.15) is 105 Å². The van der Waals surface area contributed by atoms with E-state index >= 15 is 0 Å². The molecule has 5 heteroatoms. The van der Waals surface area contributed by atoms with Gasteiger partial charge in [-0.2, -0.15) is 0 Å². The molecular formula is C30H46B3O2. The predicted octanol–water partition coefficient (Wildman–Crippen LogP) is 6.86. The molecule has 4 aliphatic carbocycles. The Hall–Kier alpha value is -0.595. The molecule has 4 fully saturated rings. The van der Waals surface area contributed by atoms with Gasteiger partial charge in [0, 0.05) is 6.42 Å². The minimum absolute atomic E-state index is 0.0450. The summed E-state index contributed by atoms with van der Waals surface area (Å²) in [5, 5.41) is -1.05. The van der Waals surface area contributed by atoms with Crippen LogP contribution in [-0.4, -0.2) is 35.0 Å². The highest BCUT2D eigenvalue weighted by molar-refractivity contribution is 6.83. The second-order valence-electron chi connectivity index (χ2n) is 14.2. The molecule has 1 aliphatic heterocycles. The van der Waals surface area contributed by atoms with Gasteiger partial charge in [-0.05, 0) is 96.5 Å². The lowest BCUT2D eigenvalue weighted by molar-refractivity contribution is -0.151. The van der Waals surface area contributed by atoms with E-state index in [9.17, 15) is 4.79 Å². The zero-order valence-electron chi connectivity index (χ0n) is 23.0. The summed E-state index contributed by atoms with van der Waals surface area (Å²) in [6.45, 7) is 12.5. The lowest BCUT2D eigenvalue weighted by Gasteiger charge is -2.58. The number of esters is 1. The van der Waals surface area contributed by atoms with E-state index in [1.54, 1.807) is 12.9 Å². The Bertz CT molecular complexity index is 857. The van der Waals surface area contributed by atoms with Crippen molar-refractivity contribution in [1.82, 2.24) is 0 Å². The van der Waals surface area contributed by atoms with Gasteiger partial charge in [0.25, 0.3) is 5.97 Å². The second-order valence-corrected chi connectivity index (χ2v) is 14.2. The Kier molecular flexibility index (Phi) is 6.92. The quantitative estimate of drug-likeness (QED) is 0.231. The molecule has 0 bridgehead atoms. The summed E-state index contributed by atoms with van der Waals surface area (Å²) < 4.78 is 5.88. The molecule has 0 N–H and O–H groups in total. The van der Waals surface area contributed by atoms with Crippen molar-refractivity contribution in [3.8, 4) is 0 Å². The largest absolute Gasteiger partial charge is 0.463 e. The highest BCUT2D eigenvalue weighted by Crippen LogP contribution is 2.67. The van der Waals surface area contributed by atoms with E-state index in [4.69, 9.17) is 20.4 Å². The molecule has 3 saturated carbocycles. The molecule has 0 aromatic rings. The number of hydrogen-bond donors (Lipinski definition) is 0. The summed E-state index contributed by atoms with van der Waals surface area (Å²) in [7, 11) is 13.6. The number of rotatable bonds is 7. The molecule has 5 rings (SSSR count). The molecule has 1 saturated heterocycles. The van der Waals surface area contributed by atoms with Gasteiger partial charge < -0.3 is 4.74 Å². The molecule has 0 amide bonds. The highest BCUT2D eigenvalue weighted by Gasteiger charge is 2.59. The molecule has 1 heterocycles. The standard InChI is InChI=1S/C30H46B3O2/c1-18(2)7-6-8-19(3)23-11-12-24-22-10-9-20-17-21(35-27(34)30(32)26(31)33-30)13-15-28(20,4)25(22)14-16-29(23,24)5/h9,18-19,21-26H,6-8,10-17H2,1-5H3/t19-,21+,22+,23-,24+,25+,26?,28+,29-,30?/m1/s1. The van der Waals surface area contributed by atoms with Crippen LogP contribution in [0.25, 0.3) is 0 Å². The van der Waals surface area contributed by atoms with E-state index in [1.165, 1.54) is 51.4 Å². The van der Waals surface area contributed by atoms with Crippen molar-refractivity contribution in [2.45, 2.75) is 122 Å². The third kappa shape index (κ3) is 4.41. The fraction of sp³-hybridized carbons (Fsp3) is 0.900. The third-order valence-electron chi connectivity index (χ3n) is 11.8. The van der Waals surface area contributed by atoms with Crippen molar-refractivity contribution in [2.75, 3.05) is 0 Å². The molecule has 5 radical (unpaired) electrons. The van der Waals surface area contributed by atoms with E-state index < -0.39 is 5.21 Å². The first-order valence-corrected chi connectivity index (χ1v) is 14.8. The van der Waals surface area contributed by atoms with Gasteiger partial charge in [-0.15, -0.1) is 5.72 Å². The van der Waals surface area contributed by atoms with Crippen LogP contribution in [0, 0.1) is 46.3 Å². The molecule has 5 aliphatic rings. The van der Waals surface area contributed by atoms with Crippen LogP contribution in [0.15, 0.2) is 11.6 Å². The lowest BCUT2D eigenvalue weighted by Crippen LogP contribution is -2.51. The van der Waals surface area contributed by atoms with E-state index in [1.807, 2.05) is 0 Å². The van der Waals surface area contributed by atoms with E-state index in [0.29, 0.717) is 5.41 Å². The molecule has 0 spiro atoms. The Balaban J connectivity index is 1.25.